The van der Waals surface area contributed by atoms with Crippen LogP contribution in [0.25, 0.3) is 0 Å². The second-order valence-corrected chi connectivity index (χ2v) is 4.50. The topological polar surface area (TPSA) is 121 Å². The van der Waals surface area contributed by atoms with E-state index in [2.05, 4.69) is 10.3 Å². The summed E-state index contributed by atoms with van der Waals surface area (Å²) in [6.07, 6.45) is 2.47. The standard InChI is InChI=1S/C11H13N3O5/c1-14-9(16)6(4-12-11(14)19)8(15)13-7(10(17)18)5-2-3-5/h4-5,7H,2-3H2,1H3,(H,12,19)(H,13,15)(H,17,18). The molecule has 1 aromatic heterocycles. The summed E-state index contributed by atoms with van der Waals surface area (Å²) < 4.78 is 0.752. The van der Waals surface area contributed by atoms with Crippen molar-refractivity contribution in [1.82, 2.24) is 14.9 Å². The number of carboxylic acid groups (broad SMARTS) is 1. The van der Waals surface area contributed by atoms with Gasteiger partial charge in [-0.15, -0.1) is 0 Å². The molecule has 1 atom stereocenters. The molecule has 19 heavy (non-hydrogen) atoms. The van der Waals surface area contributed by atoms with Crippen LogP contribution in [0.5, 0.6) is 0 Å². The molecule has 3 N–H and O–H groups in total. The highest BCUT2D eigenvalue weighted by Crippen LogP contribution is 2.32. The molecular weight excluding hydrogens is 254 g/mol. The quantitative estimate of drug-likeness (QED) is 0.623. The molecule has 1 fully saturated rings. The molecule has 102 valence electrons. The van der Waals surface area contributed by atoms with Crippen molar-refractivity contribution >= 4 is 11.9 Å². The lowest BCUT2D eigenvalue weighted by Gasteiger charge is -2.13. The Balaban J connectivity index is 2.25. The molecule has 0 saturated heterocycles. The highest BCUT2D eigenvalue weighted by Gasteiger charge is 2.37. The van der Waals surface area contributed by atoms with Gasteiger partial charge >= 0.3 is 11.7 Å². The van der Waals surface area contributed by atoms with Crippen LogP contribution in [-0.4, -0.2) is 32.6 Å². The number of amides is 1. The van der Waals surface area contributed by atoms with Gasteiger partial charge in [0, 0.05) is 13.2 Å². The first-order valence-corrected chi connectivity index (χ1v) is 5.74. The van der Waals surface area contributed by atoms with Gasteiger partial charge in [0.05, 0.1) is 0 Å². The summed E-state index contributed by atoms with van der Waals surface area (Å²) >= 11 is 0. The van der Waals surface area contributed by atoms with E-state index >= 15 is 0 Å². The Morgan fingerprint density at radius 2 is 2.11 bits per heavy atom. The van der Waals surface area contributed by atoms with Gasteiger partial charge in [-0.3, -0.25) is 14.2 Å². The Hall–Kier alpha value is -2.38. The number of aliphatic carboxylic acids is 1. The summed E-state index contributed by atoms with van der Waals surface area (Å²) in [5, 5.41) is 11.3. The normalized spacial score (nSPS) is 15.8. The van der Waals surface area contributed by atoms with E-state index in [0.29, 0.717) is 0 Å². The predicted molar refractivity (Wildman–Crippen MR) is 63.9 cm³/mol. The average Bonchev–Trinajstić information content (AvgIpc) is 3.16. The predicted octanol–water partition coefficient (Wildman–Crippen LogP) is -1.33. The number of carboxylic acids is 1. The summed E-state index contributed by atoms with van der Waals surface area (Å²) in [5.74, 6) is -2.01. The highest BCUT2D eigenvalue weighted by atomic mass is 16.4. The average molecular weight is 267 g/mol. The summed E-state index contributed by atoms with van der Waals surface area (Å²) in [6.45, 7) is 0. The molecule has 0 radical (unpaired) electrons. The highest BCUT2D eigenvalue weighted by molar-refractivity contribution is 5.96. The minimum atomic E-state index is -1.13. The molecule has 1 aliphatic rings. The molecule has 0 spiro atoms. The van der Waals surface area contributed by atoms with E-state index < -0.39 is 29.2 Å². The van der Waals surface area contributed by atoms with Crippen molar-refractivity contribution in [3.8, 4) is 0 Å². The number of rotatable bonds is 4. The zero-order valence-electron chi connectivity index (χ0n) is 10.2. The van der Waals surface area contributed by atoms with Crippen LogP contribution in [-0.2, 0) is 11.8 Å². The monoisotopic (exact) mass is 267 g/mol. The smallest absolute Gasteiger partial charge is 0.328 e. The first-order chi connectivity index (χ1) is 8.91. The zero-order chi connectivity index (χ0) is 14.2. The number of hydrogen-bond donors (Lipinski definition) is 3. The number of aromatic amines is 1. The van der Waals surface area contributed by atoms with Crippen molar-refractivity contribution < 1.29 is 14.7 Å². The van der Waals surface area contributed by atoms with Gasteiger partial charge in [0.2, 0.25) is 0 Å². The molecule has 0 bridgehead atoms. The van der Waals surface area contributed by atoms with Crippen molar-refractivity contribution in [3.63, 3.8) is 0 Å². The summed E-state index contributed by atoms with van der Waals surface area (Å²) in [6, 6.07) is -0.996. The van der Waals surface area contributed by atoms with Crippen molar-refractivity contribution in [2.24, 2.45) is 13.0 Å². The number of H-pyrrole nitrogens is 1. The fourth-order valence-electron chi connectivity index (χ4n) is 1.76. The fraction of sp³-hybridized carbons (Fsp3) is 0.455. The third-order valence-electron chi connectivity index (χ3n) is 3.07. The maximum Gasteiger partial charge on any atom is 0.328 e. The lowest BCUT2D eigenvalue weighted by molar-refractivity contribution is -0.139. The van der Waals surface area contributed by atoms with Gasteiger partial charge < -0.3 is 15.4 Å². The SMILES string of the molecule is Cn1c(=O)[nH]cc(C(=O)NC(C(=O)O)C2CC2)c1=O. The van der Waals surface area contributed by atoms with E-state index in [1.807, 2.05) is 0 Å². The third-order valence-corrected chi connectivity index (χ3v) is 3.07. The molecule has 1 aliphatic carbocycles. The van der Waals surface area contributed by atoms with Crippen LogP contribution in [0.2, 0.25) is 0 Å². The second kappa shape index (κ2) is 4.71. The number of carbonyl (C=O) groups is 2. The maximum absolute atomic E-state index is 11.9. The van der Waals surface area contributed by atoms with Gasteiger partial charge in [-0.1, -0.05) is 0 Å². The molecule has 2 rings (SSSR count). The molecule has 1 saturated carbocycles. The van der Waals surface area contributed by atoms with Gasteiger partial charge in [-0.05, 0) is 18.8 Å². The van der Waals surface area contributed by atoms with Gasteiger partial charge in [0.25, 0.3) is 11.5 Å². The van der Waals surface area contributed by atoms with Gasteiger partial charge in [0.15, 0.2) is 0 Å². The van der Waals surface area contributed by atoms with Crippen LogP contribution in [0.1, 0.15) is 23.2 Å². The van der Waals surface area contributed by atoms with Crippen LogP contribution in [0, 0.1) is 5.92 Å². The molecule has 0 aromatic carbocycles. The van der Waals surface area contributed by atoms with Gasteiger partial charge in [0.1, 0.15) is 11.6 Å². The van der Waals surface area contributed by atoms with Crippen LogP contribution >= 0.6 is 0 Å². The van der Waals surface area contributed by atoms with Crippen molar-refractivity contribution in [1.29, 1.82) is 0 Å². The molecular formula is C11H13N3O5. The molecule has 1 amide bonds. The van der Waals surface area contributed by atoms with Crippen LogP contribution in [0.3, 0.4) is 0 Å². The third kappa shape index (κ3) is 2.56. The Morgan fingerprint density at radius 1 is 1.47 bits per heavy atom. The van der Waals surface area contributed by atoms with Crippen LogP contribution in [0.15, 0.2) is 15.8 Å². The number of nitrogens with zero attached hydrogens (tertiary/aromatic N) is 1. The molecule has 1 heterocycles. The van der Waals surface area contributed by atoms with Crippen LogP contribution < -0.4 is 16.6 Å². The van der Waals surface area contributed by atoms with E-state index in [1.165, 1.54) is 7.05 Å². The van der Waals surface area contributed by atoms with Gasteiger partial charge in [-0.25, -0.2) is 9.59 Å². The first-order valence-electron chi connectivity index (χ1n) is 5.74. The Kier molecular flexibility index (Phi) is 3.24. The van der Waals surface area contributed by atoms with E-state index in [9.17, 15) is 19.2 Å². The molecule has 0 aliphatic heterocycles. The van der Waals surface area contributed by atoms with Crippen molar-refractivity contribution in [2.75, 3.05) is 0 Å². The number of hydrogen-bond acceptors (Lipinski definition) is 4. The minimum Gasteiger partial charge on any atom is -0.480 e. The second-order valence-electron chi connectivity index (χ2n) is 4.50. The Bertz CT molecular complexity index is 640. The largest absolute Gasteiger partial charge is 0.480 e. The van der Waals surface area contributed by atoms with E-state index in [-0.39, 0.29) is 11.5 Å². The molecule has 8 nitrogen and oxygen atoms in total. The Labute approximate surface area is 107 Å². The lowest BCUT2D eigenvalue weighted by atomic mass is 10.1. The number of carbonyl (C=O) groups excluding carboxylic acids is 1. The summed E-state index contributed by atoms with van der Waals surface area (Å²) in [5.41, 5.74) is -1.69. The minimum absolute atomic E-state index is 0.0898. The van der Waals surface area contributed by atoms with Crippen LogP contribution in [0.4, 0.5) is 0 Å². The summed E-state index contributed by atoms with van der Waals surface area (Å²) in [7, 11) is 1.23. The molecule has 1 aromatic rings. The van der Waals surface area contributed by atoms with Gasteiger partial charge in [-0.2, -0.15) is 0 Å². The zero-order valence-corrected chi connectivity index (χ0v) is 10.2. The Morgan fingerprint density at radius 3 is 2.63 bits per heavy atom. The van der Waals surface area contributed by atoms with E-state index in [0.717, 1.165) is 23.6 Å². The molecule has 1 unspecified atom stereocenters. The summed E-state index contributed by atoms with van der Waals surface area (Å²) in [4.78, 5) is 47.9. The van der Waals surface area contributed by atoms with E-state index in [4.69, 9.17) is 5.11 Å². The maximum atomic E-state index is 11.9. The first kappa shape index (κ1) is 13.1. The molecule has 8 heteroatoms. The lowest BCUT2D eigenvalue weighted by Crippen LogP contribution is -2.45. The van der Waals surface area contributed by atoms with Crippen molar-refractivity contribution in [3.05, 3.63) is 32.6 Å². The fourth-order valence-corrected chi connectivity index (χ4v) is 1.76. The van der Waals surface area contributed by atoms with E-state index in [1.54, 1.807) is 0 Å². The number of nitrogens with one attached hydrogen (secondary N) is 2. The number of aromatic nitrogens is 2. The van der Waals surface area contributed by atoms with Crippen molar-refractivity contribution in [2.45, 2.75) is 18.9 Å².